The fraction of sp³-hybridized carbons (Fsp3) is 0.318. The van der Waals surface area contributed by atoms with Crippen molar-refractivity contribution in [2.45, 2.75) is 26.4 Å². The van der Waals surface area contributed by atoms with Gasteiger partial charge in [-0.1, -0.05) is 12.1 Å². The van der Waals surface area contributed by atoms with Gasteiger partial charge in [0, 0.05) is 17.5 Å². The van der Waals surface area contributed by atoms with Crippen LogP contribution in [0, 0.1) is 0 Å². The average Bonchev–Trinajstić information content (AvgIpc) is 3.09. The number of carbonyl (C=O) groups excluding carboxylic acids is 2. The molecule has 0 spiro atoms. The van der Waals surface area contributed by atoms with Crippen LogP contribution in [0.15, 0.2) is 41.5 Å². The van der Waals surface area contributed by atoms with Crippen molar-refractivity contribution in [2.24, 2.45) is 5.10 Å². The van der Waals surface area contributed by atoms with Crippen molar-refractivity contribution in [2.75, 3.05) is 24.7 Å². The van der Waals surface area contributed by atoms with Crippen LogP contribution in [-0.4, -0.2) is 43.9 Å². The number of amides is 2. The Labute approximate surface area is 174 Å². The molecule has 1 N–H and O–H groups in total. The number of ether oxygens (including phenoxy) is 3. The third-order valence-corrected chi connectivity index (χ3v) is 4.83. The van der Waals surface area contributed by atoms with Gasteiger partial charge in [-0.25, -0.2) is 5.43 Å². The number of carbonyl (C=O) groups is 2. The first kappa shape index (κ1) is 19.8. The van der Waals surface area contributed by atoms with E-state index in [2.05, 4.69) is 10.5 Å². The van der Waals surface area contributed by atoms with Crippen LogP contribution in [0.4, 0.5) is 5.69 Å². The minimum absolute atomic E-state index is 0.0984. The third-order valence-electron chi connectivity index (χ3n) is 4.83. The smallest absolute Gasteiger partial charge is 0.265 e. The van der Waals surface area contributed by atoms with E-state index in [1.807, 2.05) is 32.0 Å². The van der Waals surface area contributed by atoms with Crippen molar-refractivity contribution in [3.63, 3.8) is 0 Å². The summed E-state index contributed by atoms with van der Waals surface area (Å²) in [6, 6.07) is 10.9. The van der Waals surface area contributed by atoms with E-state index in [0.717, 1.165) is 17.7 Å². The SMILES string of the molecule is CCOc1cc2c(cc1/C=N\NC(=O)CN1C(=O)COc3ccccc31)O[C@@H](C)C2. The minimum Gasteiger partial charge on any atom is -0.493 e. The lowest BCUT2D eigenvalue weighted by atomic mass is 10.1. The molecule has 2 amide bonds. The van der Waals surface area contributed by atoms with Gasteiger partial charge in [0.2, 0.25) is 0 Å². The molecule has 0 bridgehead atoms. The van der Waals surface area contributed by atoms with Gasteiger partial charge < -0.3 is 14.2 Å². The van der Waals surface area contributed by atoms with Crippen molar-refractivity contribution in [3.05, 3.63) is 47.5 Å². The molecule has 8 heteroatoms. The Balaban J connectivity index is 1.44. The highest BCUT2D eigenvalue weighted by molar-refractivity contribution is 6.02. The Bertz CT molecular complexity index is 1000. The lowest BCUT2D eigenvalue weighted by Gasteiger charge is -2.28. The van der Waals surface area contributed by atoms with Crippen molar-refractivity contribution in [3.8, 4) is 17.2 Å². The number of anilines is 1. The molecule has 2 aromatic rings. The van der Waals surface area contributed by atoms with E-state index < -0.39 is 5.91 Å². The molecule has 156 valence electrons. The van der Waals surface area contributed by atoms with Gasteiger partial charge in [-0.05, 0) is 38.1 Å². The summed E-state index contributed by atoms with van der Waals surface area (Å²) in [5.74, 6) is 1.36. The maximum absolute atomic E-state index is 12.4. The highest BCUT2D eigenvalue weighted by Gasteiger charge is 2.27. The zero-order chi connectivity index (χ0) is 21.1. The standard InChI is InChI=1S/C22H23N3O5/c1-3-28-19-9-15-8-14(2)30-20(15)10-16(19)11-23-24-21(26)12-25-17-6-4-5-7-18(17)29-13-22(25)27/h4-7,9-11,14H,3,8,12-13H2,1-2H3,(H,24,26)/b23-11-/t14-/m0/s1. The number of nitrogens with one attached hydrogen (secondary N) is 1. The first-order chi connectivity index (χ1) is 14.5. The largest absolute Gasteiger partial charge is 0.493 e. The van der Waals surface area contributed by atoms with E-state index in [-0.39, 0.29) is 25.2 Å². The van der Waals surface area contributed by atoms with Crippen LogP contribution in [-0.2, 0) is 16.0 Å². The molecule has 0 saturated heterocycles. The molecule has 2 heterocycles. The second-order valence-corrected chi connectivity index (χ2v) is 7.09. The fourth-order valence-corrected chi connectivity index (χ4v) is 3.52. The van der Waals surface area contributed by atoms with E-state index in [0.29, 0.717) is 29.4 Å². The van der Waals surface area contributed by atoms with Crippen LogP contribution >= 0.6 is 0 Å². The second kappa shape index (κ2) is 8.44. The number of hydrazone groups is 1. The monoisotopic (exact) mass is 409 g/mol. The summed E-state index contributed by atoms with van der Waals surface area (Å²) >= 11 is 0. The highest BCUT2D eigenvalue weighted by Crippen LogP contribution is 2.34. The first-order valence-corrected chi connectivity index (χ1v) is 9.85. The summed E-state index contributed by atoms with van der Waals surface area (Å²) in [5, 5.41) is 4.05. The van der Waals surface area contributed by atoms with E-state index in [4.69, 9.17) is 14.2 Å². The molecule has 0 unspecified atom stereocenters. The lowest BCUT2D eigenvalue weighted by molar-refractivity contribution is -0.125. The molecule has 2 aliphatic heterocycles. The van der Waals surface area contributed by atoms with Gasteiger partial charge in [0.1, 0.15) is 29.9 Å². The molecule has 0 aliphatic carbocycles. The Kier molecular flexibility index (Phi) is 5.56. The topological polar surface area (TPSA) is 89.5 Å². The molecule has 0 aromatic heterocycles. The van der Waals surface area contributed by atoms with E-state index in [1.54, 1.807) is 18.2 Å². The molecule has 1 atom stereocenters. The van der Waals surface area contributed by atoms with Gasteiger partial charge in [-0.2, -0.15) is 5.10 Å². The normalized spacial score (nSPS) is 17.2. The van der Waals surface area contributed by atoms with Crippen LogP contribution < -0.4 is 24.5 Å². The number of hydrogen-bond donors (Lipinski definition) is 1. The molecule has 2 aliphatic rings. The molecule has 4 rings (SSSR count). The summed E-state index contributed by atoms with van der Waals surface area (Å²) in [7, 11) is 0. The number of fused-ring (bicyclic) bond motifs is 2. The maximum atomic E-state index is 12.4. The molecule has 0 fully saturated rings. The highest BCUT2D eigenvalue weighted by atomic mass is 16.5. The van der Waals surface area contributed by atoms with Crippen LogP contribution in [0.1, 0.15) is 25.0 Å². The van der Waals surface area contributed by atoms with Gasteiger partial charge in [0.25, 0.3) is 11.8 Å². The Morgan fingerprint density at radius 3 is 3.00 bits per heavy atom. The van der Waals surface area contributed by atoms with E-state index >= 15 is 0 Å². The molecular weight excluding hydrogens is 386 g/mol. The van der Waals surface area contributed by atoms with Gasteiger partial charge in [0.15, 0.2) is 6.61 Å². The summed E-state index contributed by atoms with van der Waals surface area (Å²) < 4.78 is 16.9. The van der Waals surface area contributed by atoms with Crippen LogP contribution in [0.2, 0.25) is 0 Å². The summed E-state index contributed by atoms with van der Waals surface area (Å²) in [6.07, 6.45) is 2.47. The van der Waals surface area contributed by atoms with Gasteiger partial charge in [-0.3, -0.25) is 14.5 Å². The van der Waals surface area contributed by atoms with Gasteiger partial charge in [-0.15, -0.1) is 0 Å². The van der Waals surface area contributed by atoms with Gasteiger partial charge in [0.05, 0.1) is 18.5 Å². The average molecular weight is 409 g/mol. The Morgan fingerprint density at radius 1 is 1.33 bits per heavy atom. The molecule has 2 aromatic carbocycles. The lowest BCUT2D eigenvalue weighted by Crippen LogP contribution is -2.44. The first-order valence-electron chi connectivity index (χ1n) is 9.85. The Hall–Kier alpha value is -3.55. The summed E-state index contributed by atoms with van der Waals surface area (Å²) in [4.78, 5) is 26.0. The number of benzene rings is 2. The predicted octanol–water partition coefficient (Wildman–Crippen LogP) is 2.28. The Morgan fingerprint density at radius 2 is 2.17 bits per heavy atom. The van der Waals surface area contributed by atoms with Gasteiger partial charge >= 0.3 is 0 Å². The van der Waals surface area contributed by atoms with Crippen LogP contribution in [0.3, 0.4) is 0 Å². The quantitative estimate of drug-likeness (QED) is 0.584. The van der Waals surface area contributed by atoms with Crippen molar-refractivity contribution < 1.29 is 23.8 Å². The fourth-order valence-electron chi connectivity index (χ4n) is 3.52. The van der Waals surface area contributed by atoms with Crippen LogP contribution in [0.25, 0.3) is 0 Å². The summed E-state index contributed by atoms with van der Waals surface area (Å²) in [6.45, 7) is 4.19. The molecule has 30 heavy (non-hydrogen) atoms. The summed E-state index contributed by atoms with van der Waals surface area (Å²) in [5.41, 5.74) is 4.84. The van der Waals surface area contributed by atoms with Crippen molar-refractivity contribution in [1.82, 2.24) is 5.43 Å². The maximum Gasteiger partial charge on any atom is 0.265 e. The number of rotatable bonds is 6. The zero-order valence-electron chi connectivity index (χ0n) is 16.9. The number of para-hydroxylation sites is 2. The second-order valence-electron chi connectivity index (χ2n) is 7.09. The van der Waals surface area contributed by atoms with Crippen LogP contribution in [0.5, 0.6) is 17.2 Å². The van der Waals surface area contributed by atoms with E-state index in [9.17, 15) is 9.59 Å². The number of nitrogens with zero attached hydrogens (tertiary/aromatic N) is 2. The minimum atomic E-state index is -0.416. The molecule has 0 saturated carbocycles. The van der Waals surface area contributed by atoms with Crippen molar-refractivity contribution >= 4 is 23.7 Å². The molecule has 0 radical (unpaired) electrons. The zero-order valence-corrected chi connectivity index (χ0v) is 16.9. The molecular formula is C22H23N3O5. The van der Waals surface area contributed by atoms with Crippen molar-refractivity contribution in [1.29, 1.82) is 0 Å². The number of hydrogen-bond acceptors (Lipinski definition) is 6. The van der Waals surface area contributed by atoms with E-state index in [1.165, 1.54) is 11.1 Å². The third kappa shape index (κ3) is 4.07. The molecule has 8 nitrogen and oxygen atoms in total. The predicted molar refractivity (Wildman–Crippen MR) is 111 cm³/mol.